The summed E-state index contributed by atoms with van der Waals surface area (Å²) in [7, 11) is 0. The molecule has 0 aromatic carbocycles. The van der Waals surface area contributed by atoms with Crippen molar-refractivity contribution in [3.8, 4) is 0 Å². The number of aliphatic imine (C=N–C) groups is 1. The SMILES string of the molecule is C1=CC2=CN=CNN2C=C1. The van der Waals surface area contributed by atoms with E-state index in [2.05, 4.69) is 10.4 Å². The van der Waals surface area contributed by atoms with Crippen LogP contribution < -0.4 is 5.43 Å². The van der Waals surface area contributed by atoms with Crippen LogP contribution in [0.25, 0.3) is 0 Å². The first-order valence-electron chi connectivity index (χ1n) is 3.09. The van der Waals surface area contributed by atoms with Gasteiger partial charge in [0.1, 0.15) is 6.34 Å². The molecule has 0 saturated carbocycles. The van der Waals surface area contributed by atoms with Gasteiger partial charge in [-0.05, 0) is 12.2 Å². The maximum atomic E-state index is 3.94. The monoisotopic (exact) mass is 133 g/mol. The van der Waals surface area contributed by atoms with Gasteiger partial charge in [0.15, 0.2) is 0 Å². The first-order chi connectivity index (χ1) is 4.97. The van der Waals surface area contributed by atoms with Crippen molar-refractivity contribution in [2.24, 2.45) is 4.99 Å². The van der Waals surface area contributed by atoms with Gasteiger partial charge in [0.05, 0.1) is 11.9 Å². The first-order valence-corrected chi connectivity index (χ1v) is 3.09. The Balaban J connectivity index is 2.34. The summed E-state index contributed by atoms with van der Waals surface area (Å²) in [5.41, 5.74) is 4.02. The average Bonchev–Trinajstić information content (AvgIpc) is 2.05. The summed E-state index contributed by atoms with van der Waals surface area (Å²) >= 11 is 0. The molecule has 0 radical (unpaired) electrons. The van der Waals surface area contributed by atoms with E-state index in [1.807, 2.05) is 29.4 Å². The molecule has 0 aromatic rings. The van der Waals surface area contributed by atoms with Crippen molar-refractivity contribution in [2.75, 3.05) is 0 Å². The molecular weight excluding hydrogens is 126 g/mol. The molecule has 3 heteroatoms. The van der Waals surface area contributed by atoms with E-state index in [1.165, 1.54) is 0 Å². The largest absolute Gasteiger partial charge is 0.284 e. The van der Waals surface area contributed by atoms with Crippen LogP contribution in [-0.4, -0.2) is 11.3 Å². The van der Waals surface area contributed by atoms with Crippen molar-refractivity contribution in [1.82, 2.24) is 10.4 Å². The third-order valence-electron chi connectivity index (χ3n) is 1.37. The van der Waals surface area contributed by atoms with Crippen molar-refractivity contribution in [1.29, 1.82) is 0 Å². The molecule has 0 spiro atoms. The van der Waals surface area contributed by atoms with Crippen LogP contribution in [0.2, 0.25) is 0 Å². The van der Waals surface area contributed by atoms with Crippen molar-refractivity contribution >= 4 is 6.34 Å². The van der Waals surface area contributed by atoms with E-state index in [1.54, 1.807) is 12.5 Å². The van der Waals surface area contributed by atoms with Crippen LogP contribution in [0.15, 0.2) is 41.3 Å². The van der Waals surface area contributed by atoms with Gasteiger partial charge in [-0.2, -0.15) is 0 Å². The zero-order valence-electron chi connectivity index (χ0n) is 5.36. The smallest absolute Gasteiger partial charge is 0.107 e. The summed E-state index contributed by atoms with van der Waals surface area (Å²) in [4.78, 5) is 3.94. The molecule has 50 valence electrons. The summed E-state index contributed by atoms with van der Waals surface area (Å²) in [5.74, 6) is 0. The summed E-state index contributed by atoms with van der Waals surface area (Å²) in [5, 5.41) is 1.90. The van der Waals surface area contributed by atoms with Crippen LogP contribution in [0.1, 0.15) is 0 Å². The predicted octanol–water partition coefficient (Wildman–Crippen LogP) is 0.760. The molecule has 0 aliphatic carbocycles. The van der Waals surface area contributed by atoms with Gasteiger partial charge in [-0.1, -0.05) is 6.08 Å². The molecule has 10 heavy (non-hydrogen) atoms. The quantitative estimate of drug-likeness (QED) is 0.528. The minimum Gasteiger partial charge on any atom is -0.284 e. The molecule has 3 nitrogen and oxygen atoms in total. The summed E-state index contributed by atoms with van der Waals surface area (Å²) < 4.78 is 0. The van der Waals surface area contributed by atoms with Crippen LogP contribution >= 0.6 is 0 Å². The third-order valence-corrected chi connectivity index (χ3v) is 1.37. The zero-order chi connectivity index (χ0) is 6.81. The molecule has 0 fully saturated rings. The number of hydrogen-bond donors (Lipinski definition) is 1. The van der Waals surface area contributed by atoms with Gasteiger partial charge in [-0.15, -0.1) is 0 Å². The topological polar surface area (TPSA) is 27.6 Å². The predicted molar refractivity (Wildman–Crippen MR) is 39.8 cm³/mol. The highest BCUT2D eigenvalue weighted by molar-refractivity contribution is 5.57. The second-order valence-electron chi connectivity index (χ2n) is 2.03. The van der Waals surface area contributed by atoms with Crippen molar-refractivity contribution in [3.05, 3.63) is 36.3 Å². The molecule has 1 N–H and O–H groups in total. The number of rotatable bonds is 0. The normalized spacial score (nSPS) is 20.0. The fraction of sp³-hybridized carbons (Fsp3) is 0. The van der Waals surface area contributed by atoms with Crippen molar-refractivity contribution < 1.29 is 0 Å². The van der Waals surface area contributed by atoms with Gasteiger partial charge >= 0.3 is 0 Å². The summed E-state index contributed by atoms with van der Waals surface area (Å²) in [6.07, 6.45) is 11.3. The van der Waals surface area contributed by atoms with Crippen LogP contribution in [0.3, 0.4) is 0 Å². The van der Waals surface area contributed by atoms with Gasteiger partial charge in [0, 0.05) is 6.20 Å². The molecule has 0 amide bonds. The minimum absolute atomic E-state index is 1.06. The number of hydrogen-bond acceptors (Lipinski definition) is 3. The second-order valence-corrected chi connectivity index (χ2v) is 2.03. The maximum Gasteiger partial charge on any atom is 0.107 e. The number of hydrazine groups is 1. The molecule has 2 aliphatic rings. The molecular formula is C7H7N3. The number of allylic oxidation sites excluding steroid dienone is 3. The number of nitrogens with zero attached hydrogens (tertiary/aromatic N) is 2. The second kappa shape index (κ2) is 2.02. The van der Waals surface area contributed by atoms with Gasteiger partial charge in [-0.25, -0.2) is 4.99 Å². The Hall–Kier alpha value is -1.51. The van der Waals surface area contributed by atoms with E-state index in [-0.39, 0.29) is 0 Å². The lowest BCUT2D eigenvalue weighted by Crippen LogP contribution is -2.33. The van der Waals surface area contributed by atoms with Crippen LogP contribution in [0.5, 0.6) is 0 Å². The Morgan fingerprint density at radius 2 is 2.40 bits per heavy atom. The van der Waals surface area contributed by atoms with E-state index in [4.69, 9.17) is 0 Å². The fourth-order valence-electron chi connectivity index (χ4n) is 0.888. The minimum atomic E-state index is 1.06. The number of nitrogens with one attached hydrogen (secondary N) is 1. The molecule has 2 heterocycles. The Morgan fingerprint density at radius 1 is 1.40 bits per heavy atom. The first kappa shape index (κ1) is 5.29. The molecule has 0 bridgehead atoms. The number of fused-ring (bicyclic) bond motifs is 1. The van der Waals surface area contributed by atoms with Crippen LogP contribution in [0.4, 0.5) is 0 Å². The molecule has 0 aromatic heterocycles. The van der Waals surface area contributed by atoms with Crippen LogP contribution in [0, 0.1) is 0 Å². The Labute approximate surface area is 59.0 Å². The molecule has 0 atom stereocenters. The summed E-state index contributed by atoms with van der Waals surface area (Å²) in [6, 6.07) is 0. The zero-order valence-corrected chi connectivity index (χ0v) is 5.36. The van der Waals surface area contributed by atoms with Crippen molar-refractivity contribution in [3.63, 3.8) is 0 Å². The van der Waals surface area contributed by atoms with Crippen LogP contribution in [-0.2, 0) is 0 Å². The highest BCUT2D eigenvalue weighted by Gasteiger charge is 2.05. The average molecular weight is 133 g/mol. The van der Waals surface area contributed by atoms with Gasteiger partial charge in [0.2, 0.25) is 0 Å². The maximum absolute atomic E-state index is 3.94. The Bertz CT molecular complexity index is 248. The van der Waals surface area contributed by atoms with E-state index < -0.39 is 0 Å². The lowest BCUT2D eigenvalue weighted by Gasteiger charge is -2.24. The van der Waals surface area contributed by atoms with E-state index in [0.29, 0.717) is 0 Å². The lowest BCUT2D eigenvalue weighted by molar-refractivity contribution is 0.426. The fourth-order valence-corrected chi connectivity index (χ4v) is 0.888. The van der Waals surface area contributed by atoms with E-state index >= 15 is 0 Å². The lowest BCUT2D eigenvalue weighted by atomic mass is 10.3. The molecule has 0 saturated heterocycles. The molecule has 0 unspecified atom stereocenters. The Kier molecular flexibility index (Phi) is 1.07. The van der Waals surface area contributed by atoms with E-state index in [9.17, 15) is 0 Å². The van der Waals surface area contributed by atoms with Gasteiger partial charge in [-0.3, -0.25) is 10.4 Å². The van der Waals surface area contributed by atoms with Crippen molar-refractivity contribution in [2.45, 2.75) is 0 Å². The summed E-state index contributed by atoms with van der Waals surface area (Å²) in [6.45, 7) is 0. The van der Waals surface area contributed by atoms with Gasteiger partial charge < -0.3 is 0 Å². The third kappa shape index (κ3) is 0.719. The highest BCUT2D eigenvalue weighted by Crippen LogP contribution is 2.10. The molecule has 2 rings (SSSR count). The van der Waals surface area contributed by atoms with Gasteiger partial charge in [0.25, 0.3) is 0 Å². The standard InChI is InChI=1S/C7H7N3/c1-2-4-10-7(3-1)5-8-6-9-10/h1-6H,(H,8,9). The van der Waals surface area contributed by atoms with E-state index in [0.717, 1.165) is 5.70 Å². The Morgan fingerprint density at radius 3 is 3.30 bits per heavy atom. The molecule has 2 aliphatic heterocycles. The highest BCUT2D eigenvalue weighted by atomic mass is 15.5.